The first kappa shape index (κ1) is 12.0. The quantitative estimate of drug-likeness (QED) is 0.862. The van der Waals surface area contributed by atoms with Crippen LogP contribution in [0.25, 0.3) is 0 Å². The lowest BCUT2D eigenvalue weighted by atomic mass is 10.2. The number of hydrogen-bond donors (Lipinski definition) is 1. The van der Waals surface area contributed by atoms with E-state index in [0.29, 0.717) is 11.4 Å². The van der Waals surface area contributed by atoms with Gasteiger partial charge in [0.05, 0.1) is 14.2 Å². The van der Waals surface area contributed by atoms with Crippen LogP contribution in [-0.4, -0.2) is 40.4 Å². The SMILES string of the molecule is COc1ccc(F)c(OC)c1N1CCNCC1. The van der Waals surface area contributed by atoms with E-state index in [0.717, 1.165) is 26.2 Å². The number of rotatable bonds is 3. The summed E-state index contributed by atoms with van der Waals surface area (Å²) >= 11 is 0. The van der Waals surface area contributed by atoms with Crippen LogP contribution < -0.4 is 19.7 Å². The molecule has 0 aliphatic carbocycles. The van der Waals surface area contributed by atoms with Gasteiger partial charge in [-0.3, -0.25) is 0 Å². The number of nitrogens with zero attached hydrogens (tertiary/aromatic N) is 1. The van der Waals surface area contributed by atoms with Crippen LogP contribution in [-0.2, 0) is 0 Å². The molecule has 1 N–H and O–H groups in total. The normalized spacial score (nSPS) is 15.8. The molecule has 17 heavy (non-hydrogen) atoms. The van der Waals surface area contributed by atoms with Crippen LogP contribution in [0.15, 0.2) is 12.1 Å². The second kappa shape index (κ2) is 5.23. The molecule has 5 heteroatoms. The van der Waals surface area contributed by atoms with Crippen molar-refractivity contribution in [3.05, 3.63) is 17.9 Å². The van der Waals surface area contributed by atoms with Gasteiger partial charge in [-0.15, -0.1) is 0 Å². The van der Waals surface area contributed by atoms with E-state index < -0.39 is 0 Å². The molecular weight excluding hydrogens is 223 g/mol. The standard InChI is InChI=1S/C12H17FN2O2/c1-16-10-4-3-9(13)12(17-2)11(10)15-7-5-14-6-8-15/h3-4,14H,5-8H2,1-2H3. The summed E-state index contributed by atoms with van der Waals surface area (Å²) in [6.45, 7) is 3.39. The fourth-order valence-corrected chi connectivity index (χ4v) is 2.08. The van der Waals surface area contributed by atoms with Crippen LogP contribution in [0.3, 0.4) is 0 Å². The van der Waals surface area contributed by atoms with Crippen molar-refractivity contribution >= 4 is 5.69 Å². The summed E-state index contributed by atoms with van der Waals surface area (Å²) in [7, 11) is 3.06. The Morgan fingerprint density at radius 1 is 1.18 bits per heavy atom. The number of nitrogens with one attached hydrogen (secondary N) is 1. The maximum atomic E-state index is 13.7. The second-order valence-electron chi connectivity index (χ2n) is 3.87. The molecule has 0 aromatic heterocycles. The van der Waals surface area contributed by atoms with Crippen LogP contribution in [0.4, 0.5) is 10.1 Å². The first-order valence-corrected chi connectivity index (χ1v) is 5.64. The molecule has 0 radical (unpaired) electrons. The van der Waals surface area contributed by atoms with Gasteiger partial charge in [-0.25, -0.2) is 4.39 Å². The van der Waals surface area contributed by atoms with Crippen molar-refractivity contribution in [2.45, 2.75) is 0 Å². The zero-order valence-electron chi connectivity index (χ0n) is 10.1. The maximum Gasteiger partial charge on any atom is 0.181 e. The lowest BCUT2D eigenvalue weighted by molar-refractivity contribution is 0.372. The van der Waals surface area contributed by atoms with Gasteiger partial charge in [0.15, 0.2) is 11.6 Å². The number of halogens is 1. The highest BCUT2D eigenvalue weighted by atomic mass is 19.1. The van der Waals surface area contributed by atoms with Crippen molar-refractivity contribution in [2.75, 3.05) is 45.3 Å². The minimum atomic E-state index is -0.359. The topological polar surface area (TPSA) is 33.7 Å². The van der Waals surface area contributed by atoms with Crippen molar-refractivity contribution < 1.29 is 13.9 Å². The Morgan fingerprint density at radius 2 is 1.88 bits per heavy atom. The molecule has 0 unspecified atom stereocenters. The number of benzene rings is 1. The summed E-state index contributed by atoms with van der Waals surface area (Å²) in [4.78, 5) is 2.08. The Morgan fingerprint density at radius 3 is 2.47 bits per heavy atom. The zero-order chi connectivity index (χ0) is 12.3. The Bertz CT molecular complexity index is 392. The third kappa shape index (κ3) is 2.29. The van der Waals surface area contributed by atoms with Crippen molar-refractivity contribution in [3.63, 3.8) is 0 Å². The Hall–Kier alpha value is -1.49. The van der Waals surface area contributed by atoms with E-state index in [1.54, 1.807) is 13.2 Å². The summed E-state index contributed by atoms with van der Waals surface area (Å²) in [6.07, 6.45) is 0. The summed E-state index contributed by atoms with van der Waals surface area (Å²) < 4.78 is 24.1. The Kier molecular flexibility index (Phi) is 3.68. The molecule has 1 heterocycles. The van der Waals surface area contributed by atoms with E-state index in [-0.39, 0.29) is 11.6 Å². The lowest BCUT2D eigenvalue weighted by Crippen LogP contribution is -2.43. The minimum absolute atomic E-state index is 0.256. The highest BCUT2D eigenvalue weighted by Gasteiger charge is 2.22. The van der Waals surface area contributed by atoms with Crippen LogP contribution in [0.1, 0.15) is 0 Å². The Balaban J connectivity index is 2.43. The number of hydrogen-bond acceptors (Lipinski definition) is 4. The lowest BCUT2D eigenvalue weighted by Gasteiger charge is -2.31. The molecule has 2 rings (SSSR count). The second-order valence-corrected chi connectivity index (χ2v) is 3.87. The minimum Gasteiger partial charge on any atom is -0.494 e. The predicted molar refractivity (Wildman–Crippen MR) is 64.6 cm³/mol. The highest BCUT2D eigenvalue weighted by Crippen LogP contribution is 2.39. The first-order valence-electron chi connectivity index (χ1n) is 5.64. The molecule has 1 aliphatic heterocycles. The molecule has 1 fully saturated rings. The van der Waals surface area contributed by atoms with Gasteiger partial charge >= 0.3 is 0 Å². The molecule has 0 spiro atoms. The molecule has 0 amide bonds. The van der Waals surface area contributed by atoms with Crippen LogP contribution in [0.5, 0.6) is 11.5 Å². The molecular formula is C12H17FN2O2. The van der Waals surface area contributed by atoms with Gasteiger partial charge in [0.1, 0.15) is 11.4 Å². The van der Waals surface area contributed by atoms with Gasteiger partial charge in [0.25, 0.3) is 0 Å². The summed E-state index contributed by atoms with van der Waals surface area (Å²) in [5, 5.41) is 3.26. The fourth-order valence-electron chi connectivity index (χ4n) is 2.08. The molecule has 94 valence electrons. The average molecular weight is 240 g/mol. The Labute approximate surface area is 100 Å². The van der Waals surface area contributed by atoms with Crippen molar-refractivity contribution in [2.24, 2.45) is 0 Å². The molecule has 1 aromatic carbocycles. The average Bonchev–Trinajstić information content (AvgIpc) is 2.39. The number of ether oxygens (including phenoxy) is 2. The summed E-state index contributed by atoms with van der Waals surface area (Å²) in [5.41, 5.74) is 0.705. The van der Waals surface area contributed by atoms with E-state index in [1.165, 1.54) is 13.2 Å². The van der Waals surface area contributed by atoms with Crippen LogP contribution in [0.2, 0.25) is 0 Å². The van der Waals surface area contributed by atoms with E-state index in [4.69, 9.17) is 9.47 Å². The molecule has 0 bridgehead atoms. The van der Waals surface area contributed by atoms with Crippen LogP contribution in [0, 0.1) is 5.82 Å². The van der Waals surface area contributed by atoms with Gasteiger partial charge in [-0.2, -0.15) is 0 Å². The molecule has 4 nitrogen and oxygen atoms in total. The van der Waals surface area contributed by atoms with Crippen molar-refractivity contribution in [1.29, 1.82) is 0 Å². The highest BCUT2D eigenvalue weighted by molar-refractivity contribution is 5.68. The van der Waals surface area contributed by atoms with E-state index in [1.807, 2.05) is 0 Å². The molecule has 0 atom stereocenters. The molecule has 1 saturated heterocycles. The fraction of sp³-hybridized carbons (Fsp3) is 0.500. The number of methoxy groups -OCH3 is 2. The van der Waals surface area contributed by atoms with Crippen molar-refractivity contribution in [3.8, 4) is 11.5 Å². The number of piperazine rings is 1. The third-order valence-electron chi connectivity index (χ3n) is 2.90. The maximum absolute atomic E-state index is 13.7. The van der Waals surface area contributed by atoms with Gasteiger partial charge in [-0.05, 0) is 12.1 Å². The summed E-state index contributed by atoms with van der Waals surface area (Å²) in [6, 6.07) is 3.00. The monoisotopic (exact) mass is 240 g/mol. The summed E-state index contributed by atoms with van der Waals surface area (Å²) in [5.74, 6) is 0.540. The van der Waals surface area contributed by atoms with Gasteiger partial charge in [0.2, 0.25) is 0 Å². The third-order valence-corrected chi connectivity index (χ3v) is 2.90. The first-order chi connectivity index (χ1) is 8.27. The largest absolute Gasteiger partial charge is 0.494 e. The molecule has 1 aromatic rings. The van der Waals surface area contributed by atoms with Gasteiger partial charge < -0.3 is 19.7 Å². The number of anilines is 1. The van der Waals surface area contributed by atoms with Gasteiger partial charge in [0, 0.05) is 26.2 Å². The van der Waals surface area contributed by atoms with Gasteiger partial charge in [-0.1, -0.05) is 0 Å². The predicted octanol–water partition coefficient (Wildman–Crippen LogP) is 1.25. The van der Waals surface area contributed by atoms with Crippen molar-refractivity contribution in [1.82, 2.24) is 5.32 Å². The molecule has 0 saturated carbocycles. The van der Waals surface area contributed by atoms with E-state index in [9.17, 15) is 4.39 Å². The smallest absolute Gasteiger partial charge is 0.181 e. The molecule has 1 aliphatic rings. The van der Waals surface area contributed by atoms with Crippen LogP contribution >= 0.6 is 0 Å². The van der Waals surface area contributed by atoms with E-state index >= 15 is 0 Å². The van der Waals surface area contributed by atoms with E-state index in [2.05, 4.69) is 10.2 Å². The zero-order valence-corrected chi connectivity index (χ0v) is 10.1.